The van der Waals surface area contributed by atoms with E-state index in [9.17, 15) is 4.79 Å². The summed E-state index contributed by atoms with van der Waals surface area (Å²) in [6, 6.07) is 14.5. The van der Waals surface area contributed by atoms with E-state index in [0.717, 1.165) is 11.0 Å². The number of ether oxygens (including phenoxy) is 2. The van der Waals surface area contributed by atoms with Gasteiger partial charge in [-0.25, -0.2) is 0 Å². The van der Waals surface area contributed by atoms with Crippen LogP contribution in [0.1, 0.15) is 29.1 Å². The first-order valence-electron chi connectivity index (χ1n) is 7.63. The summed E-state index contributed by atoms with van der Waals surface area (Å²) in [5, 5.41) is 3.94. The third-order valence-corrected chi connectivity index (χ3v) is 3.83. The number of amides is 1. The molecule has 5 nitrogen and oxygen atoms in total. The third kappa shape index (κ3) is 3.20. The van der Waals surface area contributed by atoms with Gasteiger partial charge in [0.05, 0.1) is 20.3 Å². The van der Waals surface area contributed by atoms with Gasteiger partial charge in [0, 0.05) is 17.0 Å². The lowest BCUT2D eigenvalue weighted by Crippen LogP contribution is -2.26. The Kier molecular flexibility index (Phi) is 4.42. The van der Waals surface area contributed by atoms with E-state index in [-0.39, 0.29) is 11.9 Å². The number of carbonyl (C=O) groups excluding carboxylic acids is 1. The van der Waals surface area contributed by atoms with Crippen LogP contribution in [0.4, 0.5) is 0 Å². The molecule has 0 bridgehead atoms. The molecule has 1 heterocycles. The van der Waals surface area contributed by atoms with Gasteiger partial charge in [-0.3, -0.25) is 4.79 Å². The summed E-state index contributed by atoms with van der Waals surface area (Å²) in [7, 11) is 3.10. The van der Waals surface area contributed by atoms with Gasteiger partial charge in [-0.2, -0.15) is 0 Å². The average molecular weight is 325 g/mol. The van der Waals surface area contributed by atoms with Crippen molar-refractivity contribution in [3.8, 4) is 11.5 Å². The predicted molar refractivity (Wildman–Crippen MR) is 91.6 cm³/mol. The van der Waals surface area contributed by atoms with Crippen LogP contribution in [0.3, 0.4) is 0 Å². The normalized spacial score (nSPS) is 12.0. The van der Waals surface area contributed by atoms with Gasteiger partial charge in [-0.1, -0.05) is 18.2 Å². The maximum Gasteiger partial charge on any atom is 0.252 e. The molecular weight excluding hydrogens is 306 g/mol. The molecule has 1 N–H and O–H groups in total. The van der Waals surface area contributed by atoms with Gasteiger partial charge in [0.25, 0.3) is 5.91 Å². The Morgan fingerprint density at radius 3 is 2.33 bits per heavy atom. The quantitative estimate of drug-likeness (QED) is 0.772. The highest BCUT2D eigenvalue weighted by Gasteiger charge is 2.16. The van der Waals surface area contributed by atoms with Crippen molar-refractivity contribution in [3.05, 3.63) is 59.9 Å². The summed E-state index contributed by atoms with van der Waals surface area (Å²) >= 11 is 0. The van der Waals surface area contributed by atoms with Crippen molar-refractivity contribution >= 4 is 16.9 Å². The van der Waals surface area contributed by atoms with Crippen LogP contribution in [0, 0.1) is 0 Å². The molecule has 0 spiro atoms. The van der Waals surface area contributed by atoms with Gasteiger partial charge in [0.2, 0.25) is 0 Å². The van der Waals surface area contributed by atoms with E-state index in [1.165, 1.54) is 0 Å². The first-order valence-corrected chi connectivity index (χ1v) is 7.63. The molecule has 24 heavy (non-hydrogen) atoms. The largest absolute Gasteiger partial charge is 0.497 e. The molecule has 1 atom stereocenters. The summed E-state index contributed by atoms with van der Waals surface area (Å²) in [6.07, 6.45) is 0. The summed E-state index contributed by atoms with van der Waals surface area (Å²) in [6.45, 7) is 1.88. The van der Waals surface area contributed by atoms with E-state index < -0.39 is 0 Å². The van der Waals surface area contributed by atoms with Gasteiger partial charge >= 0.3 is 0 Å². The van der Waals surface area contributed by atoms with Crippen molar-refractivity contribution in [2.24, 2.45) is 0 Å². The van der Waals surface area contributed by atoms with Crippen molar-refractivity contribution in [1.82, 2.24) is 5.32 Å². The summed E-state index contributed by atoms with van der Waals surface area (Å²) < 4.78 is 16.2. The number of furan rings is 1. The van der Waals surface area contributed by atoms with E-state index in [1.54, 1.807) is 32.4 Å². The second kappa shape index (κ2) is 6.66. The molecule has 5 heteroatoms. The number of methoxy groups -OCH3 is 2. The number of para-hydroxylation sites is 1. The second-order valence-corrected chi connectivity index (χ2v) is 5.48. The molecule has 124 valence electrons. The van der Waals surface area contributed by atoms with E-state index in [0.29, 0.717) is 22.8 Å². The maximum absolute atomic E-state index is 12.5. The topological polar surface area (TPSA) is 60.7 Å². The molecule has 1 aromatic heterocycles. The molecule has 0 saturated heterocycles. The number of rotatable bonds is 5. The SMILES string of the molecule is COc1cc(OC)cc(C(=O)NC(C)c2cc3ccccc3o2)c1. The van der Waals surface area contributed by atoms with Crippen LogP contribution in [0.15, 0.2) is 52.9 Å². The Morgan fingerprint density at radius 2 is 1.71 bits per heavy atom. The summed E-state index contributed by atoms with van der Waals surface area (Å²) in [5.74, 6) is 1.62. The van der Waals surface area contributed by atoms with Crippen molar-refractivity contribution < 1.29 is 18.7 Å². The zero-order chi connectivity index (χ0) is 17.1. The zero-order valence-corrected chi connectivity index (χ0v) is 13.8. The monoisotopic (exact) mass is 325 g/mol. The third-order valence-electron chi connectivity index (χ3n) is 3.83. The molecule has 0 radical (unpaired) electrons. The van der Waals surface area contributed by atoms with Crippen LogP contribution in [0.2, 0.25) is 0 Å². The Bertz CT molecular complexity index is 813. The van der Waals surface area contributed by atoms with Crippen molar-refractivity contribution in [2.75, 3.05) is 14.2 Å². The maximum atomic E-state index is 12.5. The molecule has 0 fully saturated rings. The van der Waals surface area contributed by atoms with Crippen LogP contribution < -0.4 is 14.8 Å². The standard InChI is InChI=1S/C19H19NO4/c1-12(18-10-13-6-4-5-7-17(13)24-18)20-19(21)14-8-15(22-2)11-16(9-14)23-3/h4-12H,1-3H3,(H,20,21). The molecule has 3 rings (SSSR count). The van der Waals surface area contributed by atoms with Crippen LogP contribution in [0.5, 0.6) is 11.5 Å². The zero-order valence-electron chi connectivity index (χ0n) is 13.8. The number of hydrogen-bond donors (Lipinski definition) is 1. The lowest BCUT2D eigenvalue weighted by Gasteiger charge is -2.13. The van der Waals surface area contributed by atoms with Crippen LogP contribution >= 0.6 is 0 Å². The number of nitrogens with one attached hydrogen (secondary N) is 1. The fourth-order valence-corrected chi connectivity index (χ4v) is 2.51. The first-order chi connectivity index (χ1) is 11.6. The molecule has 1 amide bonds. The minimum Gasteiger partial charge on any atom is -0.497 e. The highest BCUT2D eigenvalue weighted by atomic mass is 16.5. The Labute approximate surface area is 140 Å². The Hall–Kier alpha value is -2.95. The average Bonchev–Trinajstić information content (AvgIpc) is 3.05. The van der Waals surface area contributed by atoms with E-state index in [1.807, 2.05) is 37.3 Å². The number of fused-ring (bicyclic) bond motifs is 1. The predicted octanol–water partition coefficient (Wildman–Crippen LogP) is 3.94. The van der Waals surface area contributed by atoms with Gasteiger partial charge in [-0.05, 0) is 31.2 Å². The molecular formula is C19H19NO4. The van der Waals surface area contributed by atoms with Crippen molar-refractivity contribution in [1.29, 1.82) is 0 Å². The molecule has 2 aromatic carbocycles. The molecule has 3 aromatic rings. The molecule has 0 aliphatic carbocycles. The van der Waals surface area contributed by atoms with Crippen molar-refractivity contribution in [2.45, 2.75) is 13.0 Å². The Morgan fingerprint density at radius 1 is 1.04 bits per heavy atom. The number of benzene rings is 2. The Balaban J connectivity index is 1.80. The van der Waals surface area contributed by atoms with Gasteiger partial charge in [0.15, 0.2) is 0 Å². The smallest absolute Gasteiger partial charge is 0.252 e. The fraction of sp³-hybridized carbons (Fsp3) is 0.211. The molecule has 0 saturated carbocycles. The first kappa shape index (κ1) is 15.9. The molecule has 1 unspecified atom stereocenters. The minimum absolute atomic E-state index is 0.222. The van der Waals surface area contributed by atoms with E-state index in [2.05, 4.69) is 5.32 Å². The van der Waals surface area contributed by atoms with Crippen LogP contribution in [0.25, 0.3) is 11.0 Å². The summed E-state index contributed by atoms with van der Waals surface area (Å²) in [5.41, 5.74) is 1.27. The number of hydrogen-bond acceptors (Lipinski definition) is 4. The fourth-order valence-electron chi connectivity index (χ4n) is 2.51. The van der Waals surface area contributed by atoms with Crippen LogP contribution in [-0.4, -0.2) is 20.1 Å². The number of carbonyl (C=O) groups is 1. The lowest BCUT2D eigenvalue weighted by atomic mass is 10.1. The summed E-state index contributed by atoms with van der Waals surface area (Å²) in [4.78, 5) is 12.5. The van der Waals surface area contributed by atoms with Gasteiger partial charge in [0.1, 0.15) is 22.8 Å². The highest BCUT2D eigenvalue weighted by molar-refractivity contribution is 5.95. The van der Waals surface area contributed by atoms with Gasteiger partial charge in [-0.15, -0.1) is 0 Å². The second-order valence-electron chi connectivity index (χ2n) is 5.48. The van der Waals surface area contributed by atoms with Crippen LogP contribution in [-0.2, 0) is 0 Å². The van der Waals surface area contributed by atoms with Crippen molar-refractivity contribution in [3.63, 3.8) is 0 Å². The van der Waals surface area contributed by atoms with Gasteiger partial charge < -0.3 is 19.2 Å². The minimum atomic E-state index is -0.262. The highest BCUT2D eigenvalue weighted by Crippen LogP contribution is 2.25. The molecule has 0 aliphatic heterocycles. The van der Waals surface area contributed by atoms with E-state index >= 15 is 0 Å². The lowest BCUT2D eigenvalue weighted by molar-refractivity contribution is 0.0935. The van der Waals surface area contributed by atoms with E-state index in [4.69, 9.17) is 13.9 Å². The molecule has 0 aliphatic rings.